The molecule has 19 heavy (non-hydrogen) atoms. The van der Waals surface area contributed by atoms with Gasteiger partial charge in [-0.05, 0) is 31.9 Å². The van der Waals surface area contributed by atoms with E-state index in [1.54, 1.807) is 18.5 Å². The summed E-state index contributed by atoms with van der Waals surface area (Å²) in [7, 11) is 0. The summed E-state index contributed by atoms with van der Waals surface area (Å²) in [5, 5.41) is 3.49. The Balaban J connectivity index is 1.96. The minimum atomic E-state index is 0.388. The lowest BCUT2D eigenvalue weighted by Crippen LogP contribution is -2.26. The number of nitrogens with zero attached hydrogens (tertiary/aromatic N) is 4. The molecule has 2 aromatic rings. The van der Waals surface area contributed by atoms with Crippen molar-refractivity contribution in [3.63, 3.8) is 0 Å². The first-order valence-corrected chi connectivity index (χ1v) is 6.75. The van der Waals surface area contributed by atoms with Crippen LogP contribution in [0.25, 0.3) is 11.6 Å². The average molecular weight is 255 g/mol. The van der Waals surface area contributed by atoms with Gasteiger partial charge in [0.1, 0.15) is 0 Å². The van der Waals surface area contributed by atoms with Crippen molar-refractivity contribution in [2.45, 2.75) is 32.2 Å². The molecule has 0 bridgehead atoms. The molecule has 1 N–H and O–H groups in total. The molecule has 0 radical (unpaired) electrons. The summed E-state index contributed by atoms with van der Waals surface area (Å²) in [4.78, 5) is 17.5. The number of hydrogen-bond acceptors (Lipinski definition) is 5. The van der Waals surface area contributed by atoms with E-state index in [0.717, 1.165) is 31.5 Å². The molecule has 98 valence electrons. The lowest BCUT2D eigenvalue weighted by atomic mass is 9.92. The molecule has 0 aliphatic heterocycles. The summed E-state index contributed by atoms with van der Waals surface area (Å²) in [5.74, 6) is 1.22. The Morgan fingerprint density at radius 3 is 2.84 bits per heavy atom. The van der Waals surface area contributed by atoms with Gasteiger partial charge < -0.3 is 5.32 Å². The molecule has 0 saturated carbocycles. The van der Waals surface area contributed by atoms with Crippen molar-refractivity contribution in [2.75, 3.05) is 6.54 Å². The van der Waals surface area contributed by atoms with E-state index in [9.17, 15) is 0 Å². The van der Waals surface area contributed by atoms with E-state index in [0.29, 0.717) is 17.7 Å². The highest BCUT2D eigenvalue weighted by Crippen LogP contribution is 2.28. The van der Waals surface area contributed by atoms with E-state index in [2.05, 4.69) is 32.2 Å². The Labute approximate surface area is 112 Å². The minimum Gasteiger partial charge on any atom is -0.310 e. The van der Waals surface area contributed by atoms with Gasteiger partial charge >= 0.3 is 0 Å². The Bertz CT molecular complexity index is 555. The van der Waals surface area contributed by atoms with Crippen LogP contribution in [-0.4, -0.2) is 26.5 Å². The third kappa shape index (κ3) is 2.46. The molecule has 0 aromatic carbocycles. The van der Waals surface area contributed by atoms with Crippen molar-refractivity contribution in [1.82, 2.24) is 25.3 Å². The second-order valence-electron chi connectivity index (χ2n) is 4.67. The molecule has 1 atom stereocenters. The van der Waals surface area contributed by atoms with Gasteiger partial charge in [0.05, 0.1) is 0 Å². The van der Waals surface area contributed by atoms with Crippen LogP contribution in [-0.2, 0) is 6.42 Å². The SMILES string of the molecule is CCNC1CCCc2nc(-c3ncccn3)ncc21. The summed E-state index contributed by atoms with van der Waals surface area (Å²) >= 11 is 0. The molecule has 1 aliphatic rings. The average Bonchev–Trinajstić information content (AvgIpc) is 2.48. The van der Waals surface area contributed by atoms with Crippen LogP contribution in [0.4, 0.5) is 0 Å². The normalized spacial score (nSPS) is 18.1. The molecule has 0 amide bonds. The molecule has 0 fully saturated rings. The van der Waals surface area contributed by atoms with Crippen molar-refractivity contribution in [1.29, 1.82) is 0 Å². The predicted molar refractivity (Wildman–Crippen MR) is 72.4 cm³/mol. The molecule has 5 nitrogen and oxygen atoms in total. The smallest absolute Gasteiger partial charge is 0.197 e. The summed E-state index contributed by atoms with van der Waals surface area (Å²) < 4.78 is 0. The van der Waals surface area contributed by atoms with Crippen LogP contribution in [0.1, 0.15) is 37.1 Å². The first-order valence-electron chi connectivity index (χ1n) is 6.75. The van der Waals surface area contributed by atoms with Gasteiger partial charge in [-0.1, -0.05) is 6.92 Å². The molecule has 0 saturated heterocycles. The third-order valence-corrected chi connectivity index (χ3v) is 3.40. The quantitative estimate of drug-likeness (QED) is 0.907. The van der Waals surface area contributed by atoms with Gasteiger partial charge in [-0.15, -0.1) is 0 Å². The molecule has 5 heteroatoms. The number of nitrogens with one attached hydrogen (secondary N) is 1. The van der Waals surface area contributed by atoms with Crippen molar-refractivity contribution < 1.29 is 0 Å². The maximum atomic E-state index is 4.64. The number of aromatic nitrogens is 4. The Morgan fingerprint density at radius 2 is 2.05 bits per heavy atom. The predicted octanol–water partition coefficient (Wildman–Crippen LogP) is 1.92. The fourth-order valence-corrected chi connectivity index (χ4v) is 2.53. The standard InChI is InChI=1S/C14H17N5/c1-2-15-11-5-3-6-12-10(11)9-18-14(19-12)13-16-7-4-8-17-13/h4,7-9,11,15H,2-3,5-6H2,1H3. The van der Waals surface area contributed by atoms with Gasteiger partial charge in [-0.25, -0.2) is 19.9 Å². The van der Waals surface area contributed by atoms with E-state index < -0.39 is 0 Å². The Hall–Kier alpha value is -1.88. The molecule has 1 unspecified atom stereocenters. The van der Waals surface area contributed by atoms with E-state index in [1.165, 1.54) is 5.56 Å². The van der Waals surface area contributed by atoms with E-state index in [1.807, 2.05) is 6.20 Å². The highest BCUT2D eigenvalue weighted by atomic mass is 15.0. The third-order valence-electron chi connectivity index (χ3n) is 3.40. The van der Waals surface area contributed by atoms with Crippen molar-refractivity contribution in [3.8, 4) is 11.6 Å². The molecule has 1 aliphatic carbocycles. The van der Waals surface area contributed by atoms with E-state index in [4.69, 9.17) is 0 Å². The van der Waals surface area contributed by atoms with Gasteiger partial charge in [0, 0.05) is 35.9 Å². The first-order chi connectivity index (χ1) is 9.38. The summed E-state index contributed by atoms with van der Waals surface area (Å²) in [6.07, 6.45) is 8.70. The van der Waals surface area contributed by atoms with Crippen LogP contribution >= 0.6 is 0 Å². The van der Waals surface area contributed by atoms with Crippen LogP contribution in [0, 0.1) is 0 Å². The van der Waals surface area contributed by atoms with Crippen LogP contribution in [0.3, 0.4) is 0 Å². The number of hydrogen-bond donors (Lipinski definition) is 1. The Kier molecular flexibility index (Phi) is 3.46. The van der Waals surface area contributed by atoms with Crippen LogP contribution in [0.2, 0.25) is 0 Å². The lowest BCUT2D eigenvalue weighted by molar-refractivity contribution is 0.464. The second-order valence-corrected chi connectivity index (χ2v) is 4.67. The van der Waals surface area contributed by atoms with Crippen LogP contribution in [0.15, 0.2) is 24.7 Å². The van der Waals surface area contributed by atoms with Gasteiger partial charge in [-0.2, -0.15) is 0 Å². The van der Waals surface area contributed by atoms with Crippen LogP contribution in [0.5, 0.6) is 0 Å². The molecule has 0 spiro atoms. The van der Waals surface area contributed by atoms with Crippen LogP contribution < -0.4 is 5.32 Å². The number of rotatable bonds is 3. The summed E-state index contributed by atoms with van der Waals surface area (Å²) in [6.45, 7) is 3.09. The van der Waals surface area contributed by atoms with Gasteiger partial charge in [0.15, 0.2) is 11.6 Å². The number of aryl methyl sites for hydroxylation is 1. The van der Waals surface area contributed by atoms with Crippen molar-refractivity contribution in [2.24, 2.45) is 0 Å². The highest BCUT2D eigenvalue weighted by Gasteiger charge is 2.21. The molecule has 2 heterocycles. The van der Waals surface area contributed by atoms with Crippen molar-refractivity contribution in [3.05, 3.63) is 35.9 Å². The summed E-state index contributed by atoms with van der Waals surface area (Å²) in [5.41, 5.74) is 2.36. The fourth-order valence-electron chi connectivity index (χ4n) is 2.53. The topological polar surface area (TPSA) is 63.6 Å². The largest absolute Gasteiger partial charge is 0.310 e. The van der Waals surface area contributed by atoms with E-state index >= 15 is 0 Å². The van der Waals surface area contributed by atoms with Gasteiger partial charge in [-0.3, -0.25) is 0 Å². The monoisotopic (exact) mass is 255 g/mol. The zero-order chi connectivity index (χ0) is 13.1. The summed E-state index contributed by atoms with van der Waals surface area (Å²) in [6, 6.07) is 2.18. The maximum Gasteiger partial charge on any atom is 0.197 e. The van der Waals surface area contributed by atoms with Gasteiger partial charge in [0.2, 0.25) is 0 Å². The molecule has 2 aromatic heterocycles. The zero-order valence-corrected chi connectivity index (χ0v) is 11.0. The fraction of sp³-hybridized carbons (Fsp3) is 0.429. The molecular weight excluding hydrogens is 238 g/mol. The second kappa shape index (κ2) is 5.40. The Morgan fingerprint density at radius 1 is 1.21 bits per heavy atom. The van der Waals surface area contributed by atoms with Crippen molar-refractivity contribution >= 4 is 0 Å². The van der Waals surface area contributed by atoms with E-state index in [-0.39, 0.29) is 0 Å². The minimum absolute atomic E-state index is 0.388. The van der Waals surface area contributed by atoms with Gasteiger partial charge in [0.25, 0.3) is 0 Å². The zero-order valence-electron chi connectivity index (χ0n) is 11.0. The molecule has 3 rings (SSSR count). The molecular formula is C14H17N5. The maximum absolute atomic E-state index is 4.64. The lowest BCUT2D eigenvalue weighted by Gasteiger charge is -2.25. The number of fused-ring (bicyclic) bond motifs is 1. The highest BCUT2D eigenvalue weighted by molar-refractivity contribution is 5.43. The first kappa shape index (κ1) is 12.2.